The van der Waals surface area contributed by atoms with Gasteiger partial charge in [-0.3, -0.25) is 14.9 Å². The van der Waals surface area contributed by atoms with Crippen molar-refractivity contribution in [3.05, 3.63) is 93.6 Å². The Labute approximate surface area is 333 Å². The van der Waals surface area contributed by atoms with Crippen molar-refractivity contribution in [3.8, 4) is 0 Å². The molecule has 0 bridgehead atoms. The number of carbonyl (C=O) groups excluding carboxylic acids is 2. The van der Waals surface area contributed by atoms with Crippen molar-refractivity contribution in [3.63, 3.8) is 0 Å². The van der Waals surface area contributed by atoms with E-state index in [1.807, 2.05) is 50.3 Å². The Hall–Kier alpha value is -3.22. The van der Waals surface area contributed by atoms with Crippen LogP contribution in [-0.4, -0.2) is 74.3 Å². The molecule has 10 heteroatoms. The number of aliphatic hydroxyl groups excluding tert-OH is 4. The highest BCUT2D eigenvalue weighted by molar-refractivity contribution is 5.98. The fourth-order valence-corrected chi connectivity index (χ4v) is 10.5. The molecule has 3 aliphatic carbocycles. The molecule has 10 atom stereocenters. The summed E-state index contributed by atoms with van der Waals surface area (Å²) in [5, 5.41) is 62.8. The third-order valence-electron chi connectivity index (χ3n) is 13.3. The molecular weight excluding hydrogens is 707 g/mol. The second kappa shape index (κ2) is 18.6. The van der Waals surface area contributed by atoms with Gasteiger partial charge in [-0.15, -0.1) is 0 Å². The van der Waals surface area contributed by atoms with Gasteiger partial charge in [0.25, 0.3) is 0 Å². The molecule has 1 aromatic rings. The maximum absolute atomic E-state index is 14.5. The Morgan fingerprint density at radius 1 is 1.20 bits per heavy atom. The Morgan fingerprint density at radius 2 is 1.95 bits per heavy atom. The van der Waals surface area contributed by atoms with E-state index in [4.69, 9.17) is 5.73 Å². The number of hydrogen-bond acceptors (Lipinski definition) is 9. The van der Waals surface area contributed by atoms with Crippen LogP contribution < -0.4 is 16.4 Å². The van der Waals surface area contributed by atoms with E-state index < -0.39 is 47.5 Å². The molecule has 308 valence electrons. The van der Waals surface area contributed by atoms with Gasteiger partial charge < -0.3 is 36.6 Å². The number of amides is 1. The molecule has 1 aliphatic heterocycles. The van der Waals surface area contributed by atoms with Crippen LogP contribution in [0, 0.1) is 23.2 Å². The average Bonchev–Trinajstić information content (AvgIpc) is 3.32. The lowest BCUT2D eigenvalue weighted by molar-refractivity contribution is -0.168. The fraction of sp³-hybridized carbons (Fsp3) is 0.609. The van der Waals surface area contributed by atoms with E-state index in [0.29, 0.717) is 60.8 Å². The minimum absolute atomic E-state index is 0.0124. The molecule has 1 spiro atoms. The predicted molar refractivity (Wildman–Crippen MR) is 220 cm³/mol. The van der Waals surface area contributed by atoms with Crippen molar-refractivity contribution in [1.29, 1.82) is 0 Å². The third kappa shape index (κ3) is 9.07. The van der Waals surface area contributed by atoms with Crippen LogP contribution in [0.15, 0.2) is 76.9 Å². The normalized spacial score (nSPS) is 33.8. The lowest BCUT2D eigenvalue weighted by Crippen LogP contribution is -2.59. The van der Waals surface area contributed by atoms with Gasteiger partial charge in [0.2, 0.25) is 5.91 Å². The number of nitrogens with two attached hydrogens (primary N) is 1. The first-order valence-electron chi connectivity index (χ1n) is 20.7. The number of benzene rings is 1. The summed E-state index contributed by atoms with van der Waals surface area (Å²) in [6.07, 6.45) is 11.1. The van der Waals surface area contributed by atoms with Crippen LogP contribution in [-0.2, 0) is 16.0 Å². The van der Waals surface area contributed by atoms with Crippen molar-refractivity contribution < 1.29 is 35.1 Å². The highest BCUT2D eigenvalue weighted by Crippen LogP contribution is 2.66. The van der Waals surface area contributed by atoms with Gasteiger partial charge in [-0.25, -0.2) is 0 Å². The van der Waals surface area contributed by atoms with Crippen LogP contribution in [0.4, 0.5) is 0 Å². The van der Waals surface area contributed by atoms with Crippen LogP contribution in [0.5, 0.6) is 0 Å². The van der Waals surface area contributed by atoms with Crippen LogP contribution in [0.25, 0.3) is 0 Å². The molecule has 1 aromatic carbocycles. The van der Waals surface area contributed by atoms with Gasteiger partial charge in [-0.05, 0) is 132 Å². The second-order valence-corrected chi connectivity index (χ2v) is 17.5. The van der Waals surface area contributed by atoms with Crippen molar-refractivity contribution in [2.45, 2.75) is 141 Å². The molecule has 9 N–H and O–H groups in total. The number of fused-ring (bicyclic) bond motifs is 2. The molecule has 1 amide bonds. The molecule has 0 saturated heterocycles. The second-order valence-electron chi connectivity index (χ2n) is 17.5. The summed E-state index contributed by atoms with van der Waals surface area (Å²) in [4.78, 5) is 27.6. The van der Waals surface area contributed by atoms with Gasteiger partial charge in [0, 0.05) is 30.9 Å². The molecule has 4 aliphatic rings. The molecule has 1 heterocycles. The van der Waals surface area contributed by atoms with E-state index in [9.17, 15) is 35.1 Å². The van der Waals surface area contributed by atoms with Crippen LogP contribution in [0.2, 0.25) is 0 Å². The van der Waals surface area contributed by atoms with E-state index in [-0.39, 0.29) is 43.1 Å². The number of ketones is 1. The van der Waals surface area contributed by atoms with Crippen molar-refractivity contribution in [1.82, 2.24) is 10.6 Å². The zero-order chi connectivity index (χ0) is 40.9. The van der Waals surface area contributed by atoms with Gasteiger partial charge in [-0.2, -0.15) is 0 Å². The summed E-state index contributed by atoms with van der Waals surface area (Å²) in [7, 11) is 0. The van der Waals surface area contributed by atoms with E-state index in [0.717, 1.165) is 42.4 Å². The largest absolute Gasteiger partial charge is 0.396 e. The smallest absolute Gasteiger partial charge is 0.243 e. The lowest BCUT2D eigenvalue weighted by atomic mass is 9.52. The number of rotatable bonds is 14. The van der Waals surface area contributed by atoms with Crippen LogP contribution in [0.3, 0.4) is 0 Å². The number of nitrogens with one attached hydrogen (secondary N) is 2. The van der Waals surface area contributed by atoms with Gasteiger partial charge in [0.15, 0.2) is 5.78 Å². The van der Waals surface area contributed by atoms with Crippen molar-refractivity contribution in [2.24, 2.45) is 28.9 Å². The van der Waals surface area contributed by atoms with Gasteiger partial charge in [0.05, 0.1) is 23.9 Å². The Balaban J connectivity index is 1.52. The lowest BCUT2D eigenvalue weighted by Gasteiger charge is -2.56. The standard InChI is InChI=1S/C46H67N3O7/c1-27(2)12-7-13-28(3)14-8-17-34-37(52)20-10-16-32-25-46(42(54)40(32)34)36(19-11-23-50)33(21-22-45(46,6)56)30(5)38(53)24-31-15-9-18-35-39(31)41(48-26-29(4)51)44(55)49-43(35)47/h8-9,12,14-15,17-18,29,32,36-37,40-43,48,50-52,54,56H,3,7,10-11,13,16,19-26,47H2,1-2,4-6H3,(H,49,55)/b14-8+,33-30+,34-17-/t29-,32-,36+,37+,40+,41-,42+,43-,45+,46+/m0/s1. The first-order valence-corrected chi connectivity index (χ1v) is 20.7. The summed E-state index contributed by atoms with van der Waals surface area (Å²) < 4.78 is 0. The minimum Gasteiger partial charge on any atom is -0.396 e. The van der Waals surface area contributed by atoms with E-state index in [1.54, 1.807) is 6.92 Å². The quantitative estimate of drug-likeness (QED) is 0.0691. The monoisotopic (exact) mass is 773 g/mol. The van der Waals surface area contributed by atoms with E-state index >= 15 is 0 Å². The van der Waals surface area contributed by atoms with Crippen LogP contribution >= 0.6 is 0 Å². The predicted octanol–water partition coefficient (Wildman–Crippen LogP) is 5.46. The zero-order valence-electron chi connectivity index (χ0n) is 34.2. The Kier molecular flexibility index (Phi) is 14.6. The number of hydrogen-bond donors (Lipinski definition) is 8. The molecule has 3 fully saturated rings. The maximum atomic E-state index is 14.5. The minimum atomic E-state index is -1.28. The summed E-state index contributed by atoms with van der Waals surface area (Å²) in [6, 6.07) is 4.72. The van der Waals surface area contributed by atoms with Crippen molar-refractivity contribution >= 4 is 11.7 Å². The molecule has 0 aromatic heterocycles. The average molecular weight is 774 g/mol. The number of Topliss-reactive ketones (excluding diaryl/α,β-unsaturated/α-hetero) is 1. The van der Waals surface area contributed by atoms with E-state index in [1.165, 1.54) is 5.57 Å². The summed E-state index contributed by atoms with van der Waals surface area (Å²) in [5.41, 5.74) is 10.6. The molecule has 0 radical (unpaired) electrons. The summed E-state index contributed by atoms with van der Waals surface area (Å²) in [5.74, 6) is -1.21. The Bertz CT molecular complexity index is 1740. The molecule has 5 rings (SSSR count). The van der Waals surface area contributed by atoms with Gasteiger partial charge in [0.1, 0.15) is 12.2 Å². The highest BCUT2D eigenvalue weighted by atomic mass is 16.3. The molecule has 56 heavy (non-hydrogen) atoms. The highest BCUT2D eigenvalue weighted by Gasteiger charge is 2.67. The first-order chi connectivity index (χ1) is 26.5. The Morgan fingerprint density at radius 3 is 2.64 bits per heavy atom. The maximum Gasteiger partial charge on any atom is 0.243 e. The SMILES string of the molecule is C=C(/C=C/C=C1\[C@H]2[C@@H](CCC[C@H]1O)C[C@@]1([C@H](CCCO)/C(=C(\C)C(=O)Cc3cccc4c3[C@H](NC[C@H](C)O)C(=O)N[C@@H]4N)CC[C@@]1(C)O)[C@@H]2O)CCC=C(C)C. The van der Waals surface area contributed by atoms with E-state index in [2.05, 4.69) is 37.1 Å². The molecule has 3 saturated carbocycles. The van der Waals surface area contributed by atoms with Crippen LogP contribution in [0.1, 0.15) is 128 Å². The fourth-order valence-electron chi connectivity index (χ4n) is 10.5. The first kappa shape index (κ1) is 43.9. The molecular formula is C46H67N3O7. The third-order valence-corrected chi connectivity index (χ3v) is 13.3. The topological polar surface area (TPSA) is 185 Å². The van der Waals surface area contributed by atoms with Crippen molar-refractivity contribution in [2.75, 3.05) is 13.2 Å². The summed E-state index contributed by atoms with van der Waals surface area (Å²) in [6.45, 7) is 13.8. The van der Waals surface area contributed by atoms with Gasteiger partial charge >= 0.3 is 0 Å². The summed E-state index contributed by atoms with van der Waals surface area (Å²) >= 11 is 0. The number of allylic oxidation sites excluding steroid dienone is 8. The molecule has 10 nitrogen and oxygen atoms in total. The van der Waals surface area contributed by atoms with Gasteiger partial charge in [-0.1, -0.05) is 72.2 Å². The number of carbonyl (C=O) groups is 2. The zero-order valence-corrected chi connectivity index (χ0v) is 34.2. The molecule has 0 unspecified atom stereocenters. The number of aliphatic hydroxyl groups is 5.